The van der Waals surface area contributed by atoms with Crippen molar-refractivity contribution in [2.75, 3.05) is 6.61 Å². The number of hydrogen-bond acceptors (Lipinski definition) is 4. The van der Waals surface area contributed by atoms with Gasteiger partial charge in [-0.2, -0.15) is 0 Å². The number of carbonyl (C=O) groups excluding carboxylic acids is 1. The minimum atomic E-state index is -1.43. The average molecular weight is 345 g/mol. The molecule has 0 saturated heterocycles. The number of aliphatic hydroxyl groups excluding tert-OH is 3. The fraction of sp³-hybridized carbons (Fsp3) is 0.950. The van der Waals surface area contributed by atoms with Crippen LogP contribution in [0.4, 0.5) is 0 Å². The van der Waals surface area contributed by atoms with Crippen LogP contribution >= 0.6 is 0 Å². The maximum Gasteiger partial charge on any atom is 0.164 e. The van der Waals surface area contributed by atoms with Gasteiger partial charge in [-0.15, -0.1) is 0 Å². The minimum Gasteiger partial charge on any atom is -0.394 e. The molecular formula is C20H40O4. The third kappa shape index (κ3) is 13.9. The van der Waals surface area contributed by atoms with Crippen molar-refractivity contribution in [1.82, 2.24) is 0 Å². The highest BCUT2D eigenvalue weighted by Gasteiger charge is 2.22. The molecule has 0 radical (unpaired) electrons. The molecule has 3 N–H and O–H groups in total. The third-order valence-electron chi connectivity index (χ3n) is 4.66. The Morgan fingerprint density at radius 2 is 1.08 bits per heavy atom. The van der Waals surface area contributed by atoms with Crippen molar-refractivity contribution in [1.29, 1.82) is 0 Å². The molecule has 1 unspecified atom stereocenters. The molecule has 0 aromatic rings. The lowest BCUT2D eigenvalue weighted by Gasteiger charge is -2.13. The molecule has 24 heavy (non-hydrogen) atoms. The molecule has 0 aliphatic rings. The van der Waals surface area contributed by atoms with Crippen molar-refractivity contribution >= 4 is 5.78 Å². The first-order chi connectivity index (χ1) is 11.6. The molecule has 0 amide bonds. The van der Waals surface area contributed by atoms with Crippen LogP contribution < -0.4 is 0 Å². The Bertz CT molecular complexity index is 281. The van der Waals surface area contributed by atoms with E-state index < -0.39 is 18.8 Å². The van der Waals surface area contributed by atoms with Crippen LogP contribution in [0, 0.1) is 0 Å². The Hall–Kier alpha value is -0.450. The van der Waals surface area contributed by atoms with E-state index in [4.69, 9.17) is 5.11 Å². The molecule has 0 rings (SSSR count). The summed E-state index contributed by atoms with van der Waals surface area (Å²) in [5, 5.41) is 27.3. The molecule has 2 atom stereocenters. The fourth-order valence-electron chi connectivity index (χ4n) is 2.96. The van der Waals surface area contributed by atoms with E-state index in [1.807, 2.05) is 0 Å². The summed E-state index contributed by atoms with van der Waals surface area (Å²) in [7, 11) is 0. The Kier molecular flexibility index (Phi) is 17.0. The van der Waals surface area contributed by atoms with Crippen LogP contribution in [0.1, 0.15) is 103 Å². The van der Waals surface area contributed by atoms with Crippen molar-refractivity contribution in [2.45, 2.75) is 115 Å². The quantitative estimate of drug-likeness (QED) is 0.327. The second-order valence-electron chi connectivity index (χ2n) is 7.01. The Morgan fingerprint density at radius 1 is 0.708 bits per heavy atom. The van der Waals surface area contributed by atoms with Gasteiger partial charge in [0.2, 0.25) is 0 Å². The molecule has 0 aliphatic heterocycles. The molecule has 0 saturated carbocycles. The van der Waals surface area contributed by atoms with Gasteiger partial charge in [-0.3, -0.25) is 4.79 Å². The normalized spacial score (nSPS) is 13.8. The fourth-order valence-corrected chi connectivity index (χ4v) is 2.96. The first-order valence-corrected chi connectivity index (χ1v) is 10.1. The van der Waals surface area contributed by atoms with Crippen LogP contribution in [0.25, 0.3) is 0 Å². The van der Waals surface area contributed by atoms with Gasteiger partial charge in [0.15, 0.2) is 5.78 Å². The highest BCUT2D eigenvalue weighted by Crippen LogP contribution is 2.13. The van der Waals surface area contributed by atoms with Gasteiger partial charge in [0.1, 0.15) is 12.2 Å². The van der Waals surface area contributed by atoms with E-state index in [1.165, 1.54) is 70.6 Å². The van der Waals surface area contributed by atoms with Crippen LogP contribution in [0.2, 0.25) is 0 Å². The standard InChI is InChI=1S/C20H40O4/c1-2-3-4-5-6-7-8-9-10-11-12-13-14-15-16-18(22)20(24)19(23)17-21/h19-21,23-24H,2-17H2,1H3/t19-,20?/m0/s1. The molecule has 0 aromatic heterocycles. The van der Waals surface area contributed by atoms with E-state index in [1.54, 1.807) is 0 Å². The number of Topliss-reactive ketones (excluding diaryl/α,β-unsaturated/α-hetero) is 1. The molecule has 4 heteroatoms. The lowest BCUT2D eigenvalue weighted by atomic mass is 10.0. The molecule has 4 nitrogen and oxygen atoms in total. The first kappa shape index (κ1) is 23.5. The monoisotopic (exact) mass is 344 g/mol. The summed E-state index contributed by atoms with van der Waals surface area (Å²) in [6, 6.07) is 0. The van der Waals surface area contributed by atoms with Crippen molar-refractivity contribution < 1.29 is 20.1 Å². The summed E-state index contributed by atoms with van der Waals surface area (Å²) >= 11 is 0. The average Bonchev–Trinajstić information content (AvgIpc) is 2.60. The predicted molar refractivity (Wildman–Crippen MR) is 99.0 cm³/mol. The summed E-state index contributed by atoms with van der Waals surface area (Å²) in [5.74, 6) is -0.365. The zero-order chi connectivity index (χ0) is 18.0. The highest BCUT2D eigenvalue weighted by molar-refractivity contribution is 5.83. The van der Waals surface area contributed by atoms with Crippen LogP contribution in [0.5, 0.6) is 0 Å². The van der Waals surface area contributed by atoms with Gasteiger partial charge in [0.05, 0.1) is 6.61 Å². The SMILES string of the molecule is CCCCCCCCCCCCCCCCC(=O)C(O)[C@@H](O)CO. The Morgan fingerprint density at radius 3 is 1.46 bits per heavy atom. The third-order valence-corrected chi connectivity index (χ3v) is 4.66. The van der Waals surface area contributed by atoms with Gasteiger partial charge in [0.25, 0.3) is 0 Å². The lowest BCUT2D eigenvalue weighted by molar-refractivity contribution is -0.134. The van der Waals surface area contributed by atoms with Gasteiger partial charge in [-0.1, -0.05) is 90.4 Å². The molecular weight excluding hydrogens is 304 g/mol. The maximum atomic E-state index is 11.5. The van der Waals surface area contributed by atoms with Gasteiger partial charge < -0.3 is 15.3 Å². The summed E-state index contributed by atoms with van der Waals surface area (Å²) in [6.45, 7) is 1.68. The number of unbranched alkanes of at least 4 members (excludes halogenated alkanes) is 13. The summed E-state index contributed by atoms with van der Waals surface area (Å²) in [6.07, 6.45) is 15.2. The van der Waals surface area contributed by atoms with E-state index in [9.17, 15) is 15.0 Å². The molecule has 0 aliphatic carbocycles. The molecule has 0 heterocycles. The molecule has 144 valence electrons. The second kappa shape index (κ2) is 17.4. The predicted octanol–water partition coefficient (Wildman–Crippen LogP) is 4.14. The van der Waals surface area contributed by atoms with E-state index in [-0.39, 0.29) is 12.2 Å². The highest BCUT2D eigenvalue weighted by atomic mass is 16.4. The smallest absolute Gasteiger partial charge is 0.164 e. The zero-order valence-electron chi connectivity index (χ0n) is 15.7. The van der Waals surface area contributed by atoms with Gasteiger partial charge in [-0.05, 0) is 6.42 Å². The van der Waals surface area contributed by atoms with E-state index in [0.29, 0.717) is 0 Å². The second-order valence-corrected chi connectivity index (χ2v) is 7.01. The van der Waals surface area contributed by atoms with E-state index >= 15 is 0 Å². The molecule has 0 aromatic carbocycles. The molecule has 0 bridgehead atoms. The summed E-state index contributed by atoms with van der Waals surface area (Å²) < 4.78 is 0. The van der Waals surface area contributed by atoms with Crippen LogP contribution in [0.3, 0.4) is 0 Å². The summed E-state index contributed by atoms with van der Waals surface area (Å²) in [4.78, 5) is 11.5. The maximum absolute atomic E-state index is 11.5. The Labute approximate surface area is 148 Å². The number of rotatable bonds is 18. The number of ketones is 1. The molecule has 0 spiro atoms. The Balaban J connectivity index is 3.24. The number of carbonyl (C=O) groups is 1. The lowest BCUT2D eigenvalue weighted by Crippen LogP contribution is -2.36. The summed E-state index contributed by atoms with van der Waals surface area (Å²) in [5.41, 5.74) is 0. The van der Waals surface area contributed by atoms with Crippen molar-refractivity contribution in [3.63, 3.8) is 0 Å². The number of aliphatic hydroxyl groups is 3. The van der Waals surface area contributed by atoms with Gasteiger partial charge in [0, 0.05) is 6.42 Å². The first-order valence-electron chi connectivity index (χ1n) is 10.1. The van der Waals surface area contributed by atoms with E-state index in [2.05, 4.69) is 6.92 Å². The topological polar surface area (TPSA) is 77.8 Å². The van der Waals surface area contributed by atoms with Crippen molar-refractivity contribution in [3.8, 4) is 0 Å². The van der Waals surface area contributed by atoms with Crippen molar-refractivity contribution in [2.24, 2.45) is 0 Å². The number of hydrogen-bond donors (Lipinski definition) is 3. The van der Waals surface area contributed by atoms with Crippen LogP contribution in [-0.2, 0) is 4.79 Å². The largest absolute Gasteiger partial charge is 0.394 e. The minimum absolute atomic E-state index is 0.288. The van der Waals surface area contributed by atoms with E-state index in [0.717, 1.165) is 19.3 Å². The van der Waals surface area contributed by atoms with Gasteiger partial charge >= 0.3 is 0 Å². The molecule has 0 fully saturated rings. The van der Waals surface area contributed by atoms with Crippen LogP contribution in [0.15, 0.2) is 0 Å². The van der Waals surface area contributed by atoms with Crippen LogP contribution in [-0.4, -0.2) is 39.9 Å². The zero-order valence-corrected chi connectivity index (χ0v) is 15.7. The van der Waals surface area contributed by atoms with Crippen molar-refractivity contribution in [3.05, 3.63) is 0 Å². The van der Waals surface area contributed by atoms with Gasteiger partial charge in [-0.25, -0.2) is 0 Å².